The molecule has 21 heavy (non-hydrogen) atoms. The normalized spacial score (nSPS) is 22.8. The number of hydrogen-bond donors (Lipinski definition) is 2. The summed E-state index contributed by atoms with van der Waals surface area (Å²) in [5, 5.41) is 2.83. The fraction of sp³-hybridized carbons (Fsp3) is 0.533. The highest BCUT2D eigenvalue weighted by Crippen LogP contribution is 2.30. The number of hydrogen-bond acceptors (Lipinski definition) is 4. The Morgan fingerprint density at radius 2 is 2.05 bits per heavy atom. The summed E-state index contributed by atoms with van der Waals surface area (Å²) in [5.41, 5.74) is 6.26. The molecule has 0 spiro atoms. The van der Waals surface area contributed by atoms with Crippen LogP contribution in [0.4, 0.5) is 5.69 Å². The average Bonchev–Trinajstić information content (AvgIpc) is 2.46. The molecular formula is C15H22N2O3S. The summed E-state index contributed by atoms with van der Waals surface area (Å²) in [4.78, 5) is 12.6. The number of amides is 1. The van der Waals surface area contributed by atoms with Crippen molar-refractivity contribution < 1.29 is 13.2 Å². The number of benzene rings is 1. The Balaban J connectivity index is 2.12. The van der Waals surface area contributed by atoms with Crippen LogP contribution in [0.5, 0.6) is 0 Å². The van der Waals surface area contributed by atoms with Gasteiger partial charge in [-0.25, -0.2) is 8.42 Å². The van der Waals surface area contributed by atoms with Crippen molar-refractivity contribution >= 4 is 21.4 Å². The second-order valence-corrected chi connectivity index (χ2v) is 7.69. The molecule has 6 heteroatoms. The largest absolute Gasteiger partial charge is 0.330 e. The van der Waals surface area contributed by atoms with Crippen LogP contribution in [-0.4, -0.2) is 27.1 Å². The van der Waals surface area contributed by atoms with Crippen LogP contribution in [-0.2, 0) is 14.6 Å². The molecule has 0 radical (unpaired) electrons. The van der Waals surface area contributed by atoms with E-state index in [1.54, 1.807) is 12.1 Å². The van der Waals surface area contributed by atoms with Crippen LogP contribution in [0.15, 0.2) is 29.2 Å². The van der Waals surface area contributed by atoms with Gasteiger partial charge in [-0.2, -0.15) is 0 Å². The van der Waals surface area contributed by atoms with Crippen molar-refractivity contribution in [2.75, 3.05) is 18.1 Å². The molecule has 0 heterocycles. The lowest BCUT2D eigenvalue weighted by Crippen LogP contribution is -2.35. The summed E-state index contributed by atoms with van der Waals surface area (Å²) in [5.74, 6) is 0.0817. The third-order valence-corrected chi connectivity index (χ3v) is 5.19. The van der Waals surface area contributed by atoms with Crippen LogP contribution in [0.2, 0.25) is 0 Å². The summed E-state index contributed by atoms with van der Waals surface area (Å²) in [6.45, 7) is 0.515. The minimum atomic E-state index is -3.27. The molecule has 1 saturated carbocycles. The highest BCUT2D eigenvalue weighted by molar-refractivity contribution is 7.90. The lowest BCUT2D eigenvalue weighted by Gasteiger charge is -2.29. The van der Waals surface area contributed by atoms with Gasteiger partial charge in [0.05, 0.1) is 4.90 Å². The van der Waals surface area contributed by atoms with E-state index in [1.165, 1.54) is 12.1 Å². The van der Waals surface area contributed by atoms with Gasteiger partial charge in [0.2, 0.25) is 5.91 Å². The van der Waals surface area contributed by atoms with Crippen LogP contribution in [0.25, 0.3) is 0 Å². The van der Waals surface area contributed by atoms with Gasteiger partial charge in [-0.15, -0.1) is 0 Å². The maximum absolute atomic E-state index is 12.4. The molecule has 0 bridgehead atoms. The van der Waals surface area contributed by atoms with Gasteiger partial charge in [0, 0.05) is 17.9 Å². The lowest BCUT2D eigenvalue weighted by molar-refractivity contribution is -0.122. The van der Waals surface area contributed by atoms with Crippen molar-refractivity contribution in [3.05, 3.63) is 24.3 Å². The van der Waals surface area contributed by atoms with Gasteiger partial charge in [0.15, 0.2) is 9.84 Å². The Hall–Kier alpha value is -1.40. The summed E-state index contributed by atoms with van der Waals surface area (Å²) in [6.07, 6.45) is 5.14. The van der Waals surface area contributed by atoms with Crippen molar-refractivity contribution in [1.82, 2.24) is 0 Å². The zero-order valence-corrected chi connectivity index (χ0v) is 13.0. The summed E-state index contributed by atoms with van der Waals surface area (Å²) in [7, 11) is -3.27. The van der Waals surface area contributed by atoms with E-state index in [-0.39, 0.29) is 22.6 Å². The zero-order valence-electron chi connectivity index (χ0n) is 12.2. The molecule has 3 N–H and O–H groups in total. The summed E-state index contributed by atoms with van der Waals surface area (Å²) >= 11 is 0. The van der Waals surface area contributed by atoms with Gasteiger partial charge in [0.25, 0.3) is 0 Å². The Morgan fingerprint density at radius 1 is 1.33 bits per heavy atom. The summed E-state index contributed by atoms with van der Waals surface area (Å²) in [6, 6.07) is 6.35. The van der Waals surface area contributed by atoms with Crippen molar-refractivity contribution in [2.45, 2.75) is 30.6 Å². The van der Waals surface area contributed by atoms with E-state index in [4.69, 9.17) is 5.73 Å². The number of nitrogens with one attached hydrogen (secondary N) is 1. The van der Waals surface area contributed by atoms with E-state index in [1.807, 2.05) is 0 Å². The molecule has 1 aromatic rings. The molecule has 1 amide bonds. The third-order valence-electron chi connectivity index (χ3n) is 4.08. The molecule has 1 aliphatic rings. The van der Waals surface area contributed by atoms with Gasteiger partial charge >= 0.3 is 0 Å². The van der Waals surface area contributed by atoms with Crippen LogP contribution in [0.1, 0.15) is 25.7 Å². The fourth-order valence-corrected chi connectivity index (χ4v) is 3.54. The predicted molar refractivity (Wildman–Crippen MR) is 82.7 cm³/mol. The molecule has 2 atom stereocenters. The van der Waals surface area contributed by atoms with Gasteiger partial charge in [0.1, 0.15) is 0 Å². The van der Waals surface area contributed by atoms with E-state index in [9.17, 15) is 13.2 Å². The number of carbonyl (C=O) groups is 1. The van der Waals surface area contributed by atoms with E-state index in [2.05, 4.69) is 5.32 Å². The van der Waals surface area contributed by atoms with E-state index >= 15 is 0 Å². The van der Waals surface area contributed by atoms with Gasteiger partial charge in [-0.3, -0.25) is 4.79 Å². The highest BCUT2D eigenvalue weighted by atomic mass is 32.2. The average molecular weight is 310 g/mol. The number of rotatable bonds is 4. The lowest BCUT2D eigenvalue weighted by atomic mass is 9.78. The van der Waals surface area contributed by atoms with Crippen molar-refractivity contribution in [1.29, 1.82) is 0 Å². The Morgan fingerprint density at radius 3 is 2.71 bits per heavy atom. The predicted octanol–water partition coefficient (Wildman–Crippen LogP) is 1.79. The first-order valence-corrected chi connectivity index (χ1v) is 9.12. The first kappa shape index (κ1) is 16.0. The molecule has 1 aromatic carbocycles. The molecular weight excluding hydrogens is 288 g/mol. The SMILES string of the molecule is CS(=O)(=O)c1cccc(NC(=O)C2CCCCC2CN)c1. The fourth-order valence-electron chi connectivity index (χ4n) is 2.87. The van der Waals surface area contributed by atoms with Gasteiger partial charge in [-0.1, -0.05) is 18.9 Å². The first-order valence-electron chi connectivity index (χ1n) is 7.23. The van der Waals surface area contributed by atoms with Crippen molar-refractivity contribution in [3.8, 4) is 0 Å². The quantitative estimate of drug-likeness (QED) is 0.887. The number of anilines is 1. The number of carbonyl (C=O) groups excluding carboxylic acids is 1. The molecule has 1 aliphatic carbocycles. The Kier molecular flexibility index (Phi) is 5.00. The molecule has 2 rings (SSSR count). The zero-order chi connectivity index (χ0) is 15.5. The van der Waals surface area contributed by atoms with Gasteiger partial charge in [-0.05, 0) is 43.5 Å². The summed E-state index contributed by atoms with van der Waals surface area (Å²) < 4.78 is 23.1. The minimum absolute atomic E-state index is 0.0594. The molecule has 1 fully saturated rings. The van der Waals surface area contributed by atoms with Crippen molar-refractivity contribution in [3.63, 3.8) is 0 Å². The standard InChI is InChI=1S/C15H22N2O3S/c1-21(19,20)13-7-4-6-12(9-13)17-15(18)14-8-3-2-5-11(14)10-16/h4,6-7,9,11,14H,2-3,5,8,10,16H2,1H3,(H,17,18). The molecule has 0 aromatic heterocycles. The smallest absolute Gasteiger partial charge is 0.227 e. The maximum Gasteiger partial charge on any atom is 0.227 e. The topological polar surface area (TPSA) is 89.3 Å². The molecule has 0 aliphatic heterocycles. The number of nitrogens with two attached hydrogens (primary N) is 1. The molecule has 2 unspecified atom stereocenters. The Bertz CT molecular complexity index is 613. The van der Waals surface area contributed by atoms with Crippen LogP contribution in [0.3, 0.4) is 0 Å². The van der Waals surface area contributed by atoms with Crippen LogP contribution >= 0.6 is 0 Å². The maximum atomic E-state index is 12.4. The molecule has 5 nitrogen and oxygen atoms in total. The number of sulfone groups is 1. The second-order valence-electron chi connectivity index (χ2n) is 5.68. The van der Waals surface area contributed by atoms with E-state index in [0.717, 1.165) is 31.9 Å². The van der Waals surface area contributed by atoms with Crippen LogP contribution < -0.4 is 11.1 Å². The Labute approximate surface area is 125 Å². The van der Waals surface area contributed by atoms with Gasteiger partial charge < -0.3 is 11.1 Å². The monoisotopic (exact) mass is 310 g/mol. The minimum Gasteiger partial charge on any atom is -0.330 e. The first-order chi connectivity index (χ1) is 9.91. The van der Waals surface area contributed by atoms with Crippen LogP contribution in [0, 0.1) is 11.8 Å². The highest BCUT2D eigenvalue weighted by Gasteiger charge is 2.29. The second kappa shape index (κ2) is 6.58. The van der Waals surface area contributed by atoms with E-state index in [0.29, 0.717) is 12.2 Å². The molecule has 116 valence electrons. The van der Waals surface area contributed by atoms with Crippen molar-refractivity contribution in [2.24, 2.45) is 17.6 Å². The molecule has 0 saturated heterocycles. The third kappa shape index (κ3) is 4.04. The van der Waals surface area contributed by atoms with E-state index < -0.39 is 9.84 Å².